The fraction of sp³-hybridized carbons (Fsp3) is 0.455. The Hall–Kier alpha value is -0.683. The number of aliphatic hydroxyl groups excluding tert-OH is 1. The van der Waals surface area contributed by atoms with Crippen molar-refractivity contribution in [1.29, 1.82) is 0 Å². The second-order valence-electron chi connectivity index (χ2n) is 3.42. The summed E-state index contributed by atoms with van der Waals surface area (Å²) >= 11 is 0. The van der Waals surface area contributed by atoms with Crippen LogP contribution in [0.5, 0.6) is 0 Å². The summed E-state index contributed by atoms with van der Waals surface area (Å²) in [4.78, 5) is 0. The largest absolute Gasteiger partial charge is 0.415 e. The highest BCUT2D eigenvalue weighted by Crippen LogP contribution is 2.15. The number of ether oxygens (including phenoxy) is 1. The van der Waals surface area contributed by atoms with Gasteiger partial charge in [-0.25, -0.2) is 0 Å². The Bertz CT molecular complexity index is 266. The molecule has 15 heavy (non-hydrogen) atoms. The summed E-state index contributed by atoms with van der Waals surface area (Å²) in [7, 11) is 0.0631. The van der Waals surface area contributed by atoms with Gasteiger partial charge in [-0.05, 0) is 12.1 Å². The molecular weight excluding hydrogens is 208 g/mol. The van der Waals surface area contributed by atoms with Crippen molar-refractivity contribution in [3.63, 3.8) is 0 Å². The van der Waals surface area contributed by atoms with E-state index in [1.54, 1.807) is 7.11 Å². The number of methoxy groups -OCH3 is 1. The standard InChI is InChI=1S/C11H18O3Si/c1-13-8-9-14-15(2)11(12)10-6-4-3-5-7-10/h3-7,11-12,15H,8-9H2,1-2H3. The summed E-state index contributed by atoms with van der Waals surface area (Å²) in [6.07, 6.45) is 0. The van der Waals surface area contributed by atoms with Crippen LogP contribution in [0.25, 0.3) is 0 Å². The lowest BCUT2D eigenvalue weighted by Gasteiger charge is -2.18. The van der Waals surface area contributed by atoms with Gasteiger partial charge >= 0.3 is 0 Å². The smallest absolute Gasteiger partial charge is 0.207 e. The number of rotatable bonds is 6. The van der Waals surface area contributed by atoms with Gasteiger partial charge in [-0.2, -0.15) is 0 Å². The molecule has 0 aliphatic rings. The summed E-state index contributed by atoms with van der Waals surface area (Å²) in [6, 6.07) is 9.64. The molecule has 3 nitrogen and oxygen atoms in total. The van der Waals surface area contributed by atoms with Gasteiger partial charge in [0.05, 0.1) is 18.9 Å². The van der Waals surface area contributed by atoms with Crippen molar-refractivity contribution in [3.05, 3.63) is 35.9 Å². The Balaban J connectivity index is 2.42. The van der Waals surface area contributed by atoms with Crippen molar-refractivity contribution < 1.29 is 14.3 Å². The van der Waals surface area contributed by atoms with Crippen LogP contribution in [0.4, 0.5) is 0 Å². The van der Waals surface area contributed by atoms with Crippen LogP contribution in [0.3, 0.4) is 0 Å². The maximum Gasteiger partial charge on any atom is 0.207 e. The van der Waals surface area contributed by atoms with Gasteiger partial charge in [0.2, 0.25) is 9.04 Å². The summed E-state index contributed by atoms with van der Waals surface area (Å²) in [6.45, 7) is 3.14. The maximum atomic E-state index is 9.98. The van der Waals surface area contributed by atoms with Crippen LogP contribution < -0.4 is 0 Å². The quantitative estimate of drug-likeness (QED) is 0.586. The van der Waals surface area contributed by atoms with Gasteiger partial charge in [0, 0.05) is 7.11 Å². The number of benzene rings is 1. The van der Waals surface area contributed by atoms with Crippen molar-refractivity contribution in [3.8, 4) is 0 Å². The van der Waals surface area contributed by atoms with Crippen LogP contribution in [0.2, 0.25) is 6.55 Å². The predicted octanol–water partition coefficient (Wildman–Crippen LogP) is 1.28. The number of hydrogen-bond donors (Lipinski definition) is 1. The molecule has 1 rings (SSSR count). The Morgan fingerprint density at radius 2 is 1.93 bits per heavy atom. The molecule has 0 aliphatic carbocycles. The molecule has 0 heterocycles. The zero-order valence-electron chi connectivity index (χ0n) is 9.22. The average molecular weight is 226 g/mol. The fourth-order valence-corrected chi connectivity index (χ4v) is 2.74. The summed E-state index contributed by atoms with van der Waals surface area (Å²) in [5, 5.41) is 9.98. The van der Waals surface area contributed by atoms with Crippen molar-refractivity contribution in [2.75, 3.05) is 20.3 Å². The van der Waals surface area contributed by atoms with E-state index in [-0.39, 0.29) is 0 Å². The minimum absolute atomic E-state index is 0.442. The van der Waals surface area contributed by atoms with Crippen LogP contribution in [0.15, 0.2) is 30.3 Å². The lowest BCUT2D eigenvalue weighted by molar-refractivity contribution is 0.134. The maximum absolute atomic E-state index is 9.98. The fourth-order valence-electron chi connectivity index (χ4n) is 1.33. The Morgan fingerprint density at radius 1 is 1.27 bits per heavy atom. The van der Waals surface area contributed by atoms with Crippen LogP contribution in [-0.2, 0) is 9.16 Å². The predicted molar refractivity (Wildman–Crippen MR) is 62.2 cm³/mol. The number of aliphatic hydroxyl groups is 1. The van der Waals surface area contributed by atoms with E-state index in [1.807, 2.05) is 36.9 Å². The second-order valence-corrected chi connectivity index (χ2v) is 5.80. The normalized spacial score (nSPS) is 14.9. The molecule has 0 radical (unpaired) electrons. The van der Waals surface area contributed by atoms with E-state index in [1.165, 1.54) is 0 Å². The molecule has 1 aromatic carbocycles. The molecule has 0 fully saturated rings. The first-order valence-corrected chi connectivity index (χ1v) is 7.38. The minimum Gasteiger partial charge on any atom is -0.415 e. The molecule has 0 saturated carbocycles. The molecule has 0 amide bonds. The highest BCUT2D eigenvalue weighted by molar-refractivity contribution is 6.51. The van der Waals surface area contributed by atoms with E-state index in [9.17, 15) is 5.11 Å². The first-order valence-electron chi connectivity index (χ1n) is 5.09. The highest BCUT2D eigenvalue weighted by Gasteiger charge is 2.18. The third kappa shape index (κ3) is 4.13. The molecule has 4 heteroatoms. The molecule has 84 valence electrons. The van der Waals surface area contributed by atoms with Gasteiger partial charge in [0.25, 0.3) is 0 Å². The summed E-state index contributed by atoms with van der Waals surface area (Å²) in [5.74, 6) is 0. The lowest BCUT2D eigenvalue weighted by atomic mass is 10.2. The van der Waals surface area contributed by atoms with E-state index >= 15 is 0 Å². The minimum atomic E-state index is -1.58. The lowest BCUT2D eigenvalue weighted by Crippen LogP contribution is -2.25. The molecule has 0 saturated heterocycles. The van der Waals surface area contributed by atoms with Crippen LogP contribution >= 0.6 is 0 Å². The van der Waals surface area contributed by atoms with Crippen LogP contribution in [0, 0.1) is 0 Å². The first-order chi connectivity index (χ1) is 7.25. The van der Waals surface area contributed by atoms with Crippen molar-refractivity contribution in [2.24, 2.45) is 0 Å². The molecule has 0 aliphatic heterocycles. The van der Waals surface area contributed by atoms with Gasteiger partial charge in [0.1, 0.15) is 0 Å². The third-order valence-electron chi connectivity index (χ3n) is 2.25. The average Bonchev–Trinajstić information content (AvgIpc) is 2.29. The Morgan fingerprint density at radius 3 is 2.53 bits per heavy atom. The van der Waals surface area contributed by atoms with Crippen molar-refractivity contribution >= 4 is 9.04 Å². The van der Waals surface area contributed by atoms with Gasteiger partial charge in [-0.1, -0.05) is 30.3 Å². The van der Waals surface area contributed by atoms with Crippen LogP contribution in [0.1, 0.15) is 11.3 Å². The van der Waals surface area contributed by atoms with E-state index in [2.05, 4.69) is 0 Å². The third-order valence-corrected chi connectivity index (χ3v) is 4.29. The Kier molecular flexibility index (Phi) is 5.56. The summed E-state index contributed by atoms with van der Waals surface area (Å²) < 4.78 is 10.5. The molecule has 2 unspecified atom stereocenters. The second kappa shape index (κ2) is 6.74. The van der Waals surface area contributed by atoms with E-state index < -0.39 is 14.8 Å². The monoisotopic (exact) mass is 226 g/mol. The zero-order chi connectivity index (χ0) is 11.1. The van der Waals surface area contributed by atoms with E-state index in [4.69, 9.17) is 9.16 Å². The van der Waals surface area contributed by atoms with Gasteiger partial charge < -0.3 is 14.3 Å². The topological polar surface area (TPSA) is 38.7 Å². The molecule has 1 N–H and O–H groups in total. The zero-order valence-corrected chi connectivity index (χ0v) is 10.4. The molecule has 0 bridgehead atoms. The molecule has 1 aromatic rings. The van der Waals surface area contributed by atoms with Crippen LogP contribution in [-0.4, -0.2) is 34.5 Å². The van der Waals surface area contributed by atoms with Crippen molar-refractivity contribution in [2.45, 2.75) is 12.3 Å². The highest BCUT2D eigenvalue weighted by atomic mass is 28.3. The first kappa shape index (κ1) is 12.4. The number of hydrogen-bond acceptors (Lipinski definition) is 3. The molecule has 0 aromatic heterocycles. The van der Waals surface area contributed by atoms with Gasteiger partial charge in [-0.15, -0.1) is 0 Å². The Labute approximate surface area is 92.4 Å². The van der Waals surface area contributed by atoms with E-state index in [0.29, 0.717) is 13.2 Å². The SMILES string of the molecule is COCCO[SiH](C)C(O)c1ccccc1. The molecular formula is C11H18O3Si. The van der Waals surface area contributed by atoms with Crippen molar-refractivity contribution in [1.82, 2.24) is 0 Å². The van der Waals surface area contributed by atoms with Gasteiger partial charge in [0.15, 0.2) is 0 Å². The molecule has 2 atom stereocenters. The van der Waals surface area contributed by atoms with E-state index in [0.717, 1.165) is 5.56 Å². The van der Waals surface area contributed by atoms with Gasteiger partial charge in [-0.3, -0.25) is 0 Å². The molecule has 0 spiro atoms. The summed E-state index contributed by atoms with van der Waals surface area (Å²) in [5.41, 5.74) is 0.497.